The van der Waals surface area contributed by atoms with Gasteiger partial charge >= 0.3 is 0 Å². The van der Waals surface area contributed by atoms with Gasteiger partial charge in [0.1, 0.15) is 12.0 Å². The second-order valence-electron chi connectivity index (χ2n) is 2.34. The van der Waals surface area contributed by atoms with Crippen LogP contribution < -0.4 is 11.1 Å². The molecule has 0 aliphatic carbocycles. The van der Waals surface area contributed by atoms with Crippen molar-refractivity contribution in [3.8, 4) is 0 Å². The molecule has 0 aliphatic heterocycles. The largest absolute Gasteiger partial charge is 0.369 e. The average molecular weight is 181 g/mol. The van der Waals surface area contributed by atoms with Crippen LogP contribution in [0.3, 0.4) is 0 Å². The molecule has 0 aliphatic rings. The Labute approximate surface area is 74.9 Å². The Kier molecular flexibility index (Phi) is 3.15. The maximum Gasteiger partial charge on any atom is 0.287 e. The summed E-state index contributed by atoms with van der Waals surface area (Å²) in [4.78, 5) is 13.5. The number of rotatable bonds is 4. The normalized spacial score (nSPS) is 9.62. The third-order valence-corrected chi connectivity index (χ3v) is 1.39. The SMILES string of the molecule is [NH]CCNc1ccc([N+](=O)[O-])cn1. The number of nitrogens with zero attached hydrogens (tertiary/aromatic N) is 2. The summed E-state index contributed by atoms with van der Waals surface area (Å²) in [6.07, 6.45) is 1.19. The van der Waals surface area contributed by atoms with E-state index in [0.29, 0.717) is 12.4 Å². The standard InChI is InChI=1S/C7H9N4O2/c8-3-4-9-7-2-1-6(5-10-7)11(12)13/h1-2,5,8H,3-4H2,(H,9,10). The van der Waals surface area contributed by atoms with Gasteiger partial charge in [-0.05, 0) is 6.07 Å². The zero-order valence-corrected chi connectivity index (χ0v) is 6.86. The lowest BCUT2D eigenvalue weighted by molar-refractivity contribution is -0.385. The summed E-state index contributed by atoms with van der Waals surface area (Å²) >= 11 is 0. The first-order valence-electron chi connectivity index (χ1n) is 3.73. The molecule has 0 spiro atoms. The third-order valence-electron chi connectivity index (χ3n) is 1.39. The first-order chi connectivity index (χ1) is 6.24. The van der Waals surface area contributed by atoms with Gasteiger partial charge in [-0.15, -0.1) is 0 Å². The molecular weight excluding hydrogens is 172 g/mol. The number of hydrogen-bond acceptors (Lipinski definition) is 4. The van der Waals surface area contributed by atoms with E-state index in [1.54, 1.807) is 0 Å². The molecule has 6 nitrogen and oxygen atoms in total. The lowest BCUT2D eigenvalue weighted by Crippen LogP contribution is -2.07. The maximum absolute atomic E-state index is 10.2. The van der Waals surface area contributed by atoms with Gasteiger partial charge in [0.2, 0.25) is 0 Å². The van der Waals surface area contributed by atoms with E-state index in [4.69, 9.17) is 5.73 Å². The molecule has 0 atom stereocenters. The fourth-order valence-electron chi connectivity index (χ4n) is 0.789. The summed E-state index contributed by atoms with van der Waals surface area (Å²) in [5.74, 6) is 0.554. The molecule has 0 amide bonds. The van der Waals surface area contributed by atoms with Crippen molar-refractivity contribution >= 4 is 11.5 Å². The van der Waals surface area contributed by atoms with E-state index in [9.17, 15) is 10.1 Å². The summed E-state index contributed by atoms with van der Waals surface area (Å²) in [5.41, 5.74) is 6.83. The van der Waals surface area contributed by atoms with Crippen LogP contribution in [-0.4, -0.2) is 23.0 Å². The molecule has 0 saturated heterocycles. The van der Waals surface area contributed by atoms with E-state index in [1.165, 1.54) is 18.3 Å². The lowest BCUT2D eigenvalue weighted by atomic mass is 10.4. The summed E-state index contributed by atoms with van der Waals surface area (Å²) in [7, 11) is 0. The third kappa shape index (κ3) is 2.68. The van der Waals surface area contributed by atoms with Gasteiger partial charge in [-0.2, -0.15) is 0 Å². The van der Waals surface area contributed by atoms with Crippen molar-refractivity contribution in [1.82, 2.24) is 10.7 Å². The van der Waals surface area contributed by atoms with Crippen LogP contribution in [0.5, 0.6) is 0 Å². The first kappa shape index (κ1) is 9.40. The summed E-state index contributed by atoms with van der Waals surface area (Å²) in [5, 5.41) is 13.1. The van der Waals surface area contributed by atoms with Crippen LogP contribution in [0.25, 0.3) is 0 Å². The Bertz CT molecular complexity index is 285. The van der Waals surface area contributed by atoms with Gasteiger partial charge in [-0.25, -0.2) is 4.98 Å². The quantitative estimate of drug-likeness (QED) is 0.546. The van der Waals surface area contributed by atoms with Crippen LogP contribution in [0.4, 0.5) is 11.5 Å². The van der Waals surface area contributed by atoms with Crippen LogP contribution >= 0.6 is 0 Å². The minimum Gasteiger partial charge on any atom is -0.369 e. The Morgan fingerprint density at radius 2 is 2.38 bits per heavy atom. The first-order valence-corrected chi connectivity index (χ1v) is 3.73. The van der Waals surface area contributed by atoms with E-state index >= 15 is 0 Å². The molecular formula is C7H9N4O2. The van der Waals surface area contributed by atoms with Gasteiger partial charge in [-0.3, -0.25) is 15.8 Å². The summed E-state index contributed by atoms with van der Waals surface area (Å²) in [6, 6.07) is 2.90. The number of pyridine rings is 1. The molecule has 0 bridgehead atoms. The highest BCUT2D eigenvalue weighted by molar-refractivity contribution is 5.39. The number of nitrogens with one attached hydrogen (secondary N) is 2. The van der Waals surface area contributed by atoms with Crippen molar-refractivity contribution in [3.63, 3.8) is 0 Å². The molecule has 69 valence electrons. The van der Waals surface area contributed by atoms with Crippen LogP contribution in [0.15, 0.2) is 18.3 Å². The Hall–Kier alpha value is -1.69. The fourth-order valence-corrected chi connectivity index (χ4v) is 0.789. The van der Waals surface area contributed by atoms with E-state index < -0.39 is 4.92 Å². The highest BCUT2D eigenvalue weighted by atomic mass is 16.6. The van der Waals surface area contributed by atoms with E-state index in [-0.39, 0.29) is 12.2 Å². The topological polar surface area (TPSA) is 91.9 Å². The van der Waals surface area contributed by atoms with Gasteiger partial charge < -0.3 is 5.32 Å². The Morgan fingerprint density at radius 3 is 2.85 bits per heavy atom. The number of hydrogen-bond donors (Lipinski definition) is 1. The number of aromatic nitrogens is 1. The highest BCUT2D eigenvalue weighted by Gasteiger charge is 2.03. The van der Waals surface area contributed by atoms with Crippen molar-refractivity contribution in [3.05, 3.63) is 28.4 Å². The minimum absolute atomic E-state index is 0.0311. The van der Waals surface area contributed by atoms with Gasteiger partial charge in [0.25, 0.3) is 5.69 Å². The molecule has 0 aromatic carbocycles. The molecule has 0 fully saturated rings. The Balaban J connectivity index is 2.64. The highest BCUT2D eigenvalue weighted by Crippen LogP contribution is 2.10. The van der Waals surface area contributed by atoms with Crippen molar-refractivity contribution < 1.29 is 4.92 Å². The van der Waals surface area contributed by atoms with Gasteiger partial charge in [0.05, 0.1) is 4.92 Å². The summed E-state index contributed by atoms with van der Waals surface area (Å²) < 4.78 is 0. The van der Waals surface area contributed by atoms with Gasteiger partial charge in [-0.1, -0.05) is 0 Å². The second kappa shape index (κ2) is 4.36. The van der Waals surface area contributed by atoms with Crippen LogP contribution in [0.1, 0.15) is 0 Å². The van der Waals surface area contributed by atoms with Crippen molar-refractivity contribution in [2.45, 2.75) is 0 Å². The number of anilines is 1. The van der Waals surface area contributed by atoms with Crippen molar-refractivity contribution in [2.75, 3.05) is 18.4 Å². The molecule has 6 heteroatoms. The van der Waals surface area contributed by atoms with Crippen LogP contribution in [-0.2, 0) is 0 Å². The van der Waals surface area contributed by atoms with Gasteiger partial charge in [0, 0.05) is 19.2 Å². The average Bonchev–Trinajstić information content (AvgIpc) is 2.15. The molecule has 2 N–H and O–H groups in total. The van der Waals surface area contributed by atoms with Crippen LogP contribution in [0.2, 0.25) is 0 Å². The van der Waals surface area contributed by atoms with Crippen LogP contribution in [0, 0.1) is 10.1 Å². The van der Waals surface area contributed by atoms with E-state index in [0.717, 1.165) is 0 Å². The molecule has 0 unspecified atom stereocenters. The lowest BCUT2D eigenvalue weighted by Gasteiger charge is -2.01. The maximum atomic E-state index is 10.2. The predicted octanol–water partition coefficient (Wildman–Crippen LogP) is 0.685. The molecule has 1 aromatic heterocycles. The monoisotopic (exact) mass is 181 g/mol. The minimum atomic E-state index is -0.499. The van der Waals surface area contributed by atoms with Crippen molar-refractivity contribution in [1.29, 1.82) is 0 Å². The van der Waals surface area contributed by atoms with Crippen molar-refractivity contribution in [2.24, 2.45) is 0 Å². The van der Waals surface area contributed by atoms with E-state index in [1.807, 2.05) is 0 Å². The van der Waals surface area contributed by atoms with E-state index in [2.05, 4.69) is 10.3 Å². The van der Waals surface area contributed by atoms with Gasteiger partial charge in [0.15, 0.2) is 0 Å². The second-order valence-corrected chi connectivity index (χ2v) is 2.34. The molecule has 1 radical (unpaired) electrons. The molecule has 13 heavy (non-hydrogen) atoms. The predicted molar refractivity (Wildman–Crippen MR) is 47.3 cm³/mol. The molecule has 0 saturated carbocycles. The molecule has 1 aromatic rings. The fraction of sp³-hybridized carbons (Fsp3) is 0.286. The molecule has 1 heterocycles. The number of nitro groups is 1. The molecule has 1 rings (SSSR count). The smallest absolute Gasteiger partial charge is 0.287 e. The Morgan fingerprint density at radius 1 is 1.62 bits per heavy atom. The zero-order valence-electron chi connectivity index (χ0n) is 6.86. The summed E-state index contributed by atoms with van der Waals surface area (Å²) in [6.45, 7) is 0.740. The zero-order chi connectivity index (χ0) is 9.68.